The average Bonchev–Trinajstić information content (AvgIpc) is 2.26. The molecule has 1 saturated carbocycles. The summed E-state index contributed by atoms with van der Waals surface area (Å²) in [5.41, 5.74) is 0. The van der Waals surface area contributed by atoms with Gasteiger partial charge in [0.05, 0.1) is 0 Å². The van der Waals surface area contributed by atoms with Crippen molar-refractivity contribution < 1.29 is 0 Å². The lowest BCUT2D eigenvalue weighted by Gasteiger charge is -2.41. The van der Waals surface area contributed by atoms with Crippen molar-refractivity contribution in [3.8, 4) is 0 Å². The third-order valence-corrected chi connectivity index (χ3v) is 6.12. The predicted molar refractivity (Wildman–Crippen MR) is 81.5 cm³/mol. The monoisotopic (exact) mass is 268 g/mol. The maximum absolute atomic E-state index is 2.96. The Bertz CT molecular complexity index is 148. The number of hydrogen-bond acceptors (Lipinski definition) is 0. The first-order chi connectivity index (χ1) is 6.76. The Morgan fingerprint density at radius 1 is 0.714 bits per heavy atom. The second-order valence-corrected chi connectivity index (χ2v) is 6.35. The lowest BCUT2D eigenvalue weighted by atomic mass is 9.70. The average molecular weight is 268 g/mol. The van der Waals surface area contributed by atoms with Crippen molar-refractivity contribution >= 4 is 37.0 Å². The van der Waals surface area contributed by atoms with Gasteiger partial charge in [-0.25, -0.2) is 0 Å². The van der Waals surface area contributed by atoms with Crippen molar-refractivity contribution in [2.75, 3.05) is 24.6 Å². The van der Waals surface area contributed by atoms with Crippen LogP contribution in [0.4, 0.5) is 0 Å². The van der Waals surface area contributed by atoms with Gasteiger partial charge in [-0.2, -0.15) is 0 Å². The minimum absolute atomic E-state index is 0.947. The maximum Gasteiger partial charge on any atom is -0.0316 e. The zero-order chi connectivity index (χ0) is 10.6. The van der Waals surface area contributed by atoms with Crippen molar-refractivity contribution in [1.29, 1.82) is 0 Å². The summed E-state index contributed by atoms with van der Waals surface area (Å²) in [6.07, 6.45) is 8.08. The molecule has 14 heavy (non-hydrogen) atoms. The zero-order valence-corrected chi connectivity index (χ0v) is 13.5. The van der Waals surface area contributed by atoms with E-state index in [1.165, 1.54) is 37.5 Å². The van der Waals surface area contributed by atoms with E-state index >= 15 is 0 Å². The molecule has 0 spiro atoms. The molecular formula is C10H24P4. The van der Waals surface area contributed by atoms with Crippen LogP contribution >= 0.6 is 37.0 Å². The van der Waals surface area contributed by atoms with Crippen molar-refractivity contribution in [2.45, 2.75) is 12.8 Å². The van der Waals surface area contributed by atoms with E-state index in [0.29, 0.717) is 0 Å². The minimum atomic E-state index is 0.947. The van der Waals surface area contributed by atoms with Crippen molar-refractivity contribution in [3.63, 3.8) is 0 Å². The minimum Gasteiger partial charge on any atom is -0.137 e. The fourth-order valence-corrected chi connectivity index (χ4v) is 5.05. The molecule has 0 heterocycles. The zero-order valence-electron chi connectivity index (χ0n) is 8.86. The first-order valence-corrected chi connectivity index (χ1v) is 8.83. The summed E-state index contributed by atoms with van der Waals surface area (Å²) in [4.78, 5) is 0. The highest BCUT2D eigenvalue weighted by Gasteiger charge is 2.34. The lowest BCUT2D eigenvalue weighted by Crippen LogP contribution is -2.36. The third kappa shape index (κ3) is 3.36. The van der Waals surface area contributed by atoms with E-state index in [1.807, 2.05) is 0 Å². The third-order valence-electron chi connectivity index (χ3n) is 3.69. The van der Waals surface area contributed by atoms with Crippen LogP contribution in [0.2, 0.25) is 0 Å². The van der Waals surface area contributed by atoms with Gasteiger partial charge in [0, 0.05) is 0 Å². The van der Waals surface area contributed by atoms with Gasteiger partial charge in [-0.05, 0) is 61.2 Å². The van der Waals surface area contributed by atoms with E-state index in [2.05, 4.69) is 37.0 Å². The molecule has 6 atom stereocenters. The van der Waals surface area contributed by atoms with E-state index in [9.17, 15) is 0 Å². The molecule has 6 unspecified atom stereocenters. The second-order valence-electron chi connectivity index (χ2n) is 4.46. The summed E-state index contributed by atoms with van der Waals surface area (Å²) in [7, 11) is 11.8. The predicted octanol–water partition coefficient (Wildman–Crippen LogP) is 2.75. The van der Waals surface area contributed by atoms with Crippen LogP contribution in [0.3, 0.4) is 0 Å². The van der Waals surface area contributed by atoms with Crippen LogP contribution < -0.4 is 0 Å². The van der Waals surface area contributed by atoms with Gasteiger partial charge >= 0.3 is 0 Å². The molecule has 0 radical (unpaired) electrons. The summed E-state index contributed by atoms with van der Waals surface area (Å²) >= 11 is 0. The molecule has 0 aliphatic heterocycles. The van der Waals surface area contributed by atoms with Crippen LogP contribution in [-0.2, 0) is 0 Å². The Labute approximate surface area is 98.3 Å². The van der Waals surface area contributed by atoms with Crippen molar-refractivity contribution in [1.82, 2.24) is 0 Å². The maximum atomic E-state index is 2.96. The summed E-state index contributed by atoms with van der Waals surface area (Å²) in [5.74, 6) is 3.80. The molecule has 84 valence electrons. The van der Waals surface area contributed by atoms with E-state index in [4.69, 9.17) is 0 Å². The van der Waals surface area contributed by atoms with Gasteiger partial charge in [-0.1, -0.05) is 0 Å². The molecule has 4 heteroatoms. The largest absolute Gasteiger partial charge is 0.137 e. The van der Waals surface area contributed by atoms with Gasteiger partial charge < -0.3 is 0 Å². The Balaban J connectivity index is 2.63. The Kier molecular flexibility index (Phi) is 7.02. The van der Waals surface area contributed by atoms with Crippen molar-refractivity contribution in [2.24, 2.45) is 23.7 Å². The first-order valence-electron chi connectivity index (χ1n) is 5.57. The number of hydrogen-bond donors (Lipinski definition) is 0. The van der Waals surface area contributed by atoms with Crippen LogP contribution in [-0.4, -0.2) is 24.6 Å². The van der Waals surface area contributed by atoms with E-state index in [0.717, 1.165) is 23.7 Å². The molecule has 1 fully saturated rings. The molecule has 1 rings (SSSR count). The normalized spacial score (nSPS) is 38.6. The fraction of sp³-hybridized carbons (Fsp3) is 1.00. The molecule has 0 aromatic rings. The topological polar surface area (TPSA) is 0 Å². The van der Waals surface area contributed by atoms with Crippen LogP contribution in [0.1, 0.15) is 12.8 Å². The molecular weight excluding hydrogens is 244 g/mol. The quantitative estimate of drug-likeness (QED) is 0.688. The molecule has 0 nitrogen and oxygen atoms in total. The smallest absolute Gasteiger partial charge is 0.0316 e. The summed E-state index contributed by atoms with van der Waals surface area (Å²) in [5, 5.41) is 0. The highest BCUT2D eigenvalue weighted by Crippen LogP contribution is 2.41. The van der Waals surface area contributed by atoms with Crippen LogP contribution in [0.15, 0.2) is 0 Å². The van der Waals surface area contributed by atoms with Crippen LogP contribution in [0.25, 0.3) is 0 Å². The second kappa shape index (κ2) is 7.13. The van der Waals surface area contributed by atoms with Gasteiger partial charge in [0.1, 0.15) is 0 Å². The van der Waals surface area contributed by atoms with Gasteiger partial charge in [0.2, 0.25) is 0 Å². The standard InChI is InChI=1S/C10H24P4/c11-3-7-1-8(4-12)10(6-14)9(2-7)5-13/h7-10H,1-6,11-14H2. The Morgan fingerprint density at radius 3 is 1.50 bits per heavy atom. The molecule has 0 amide bonds. The van der Waals surface area contributed by atoms with E-state index in [-0.39, 0.29) is 0 Å². The first kappa shape index (κ1) is 13.8. The summed E-state index contributed by atoms with van der Waals surface area (Å²) in [6, 6.07) is 0. The van der Waals surface area contributed by atoms with E-state index < -0.39 is 0 Å². The number of rotatable bonds is 4. The summed E-state index contributed by atoms with van der Waals surface area (Å²) in [6.45, 7) is 0. The van der Waals surface area contributed by atoms with Crippen LogP contribution in [0.5, 0.6) is 0 Å². The fourth-order valence-electron chi connectivity index (χ4n) is 2.81. The lowest BCUT2D eigenvalue weighted by molar-refractivity contribution is 0.163. The summed E-state index contributed by atoms with van der Waals surface area (Å²) < 4.78 is 0. The van der Waals surface area contributed by atoms with Gasteiger partial charge in [0.25, 0.3) is 0 Å². The molecule has 0 saturated heterocycles. The molecule has 1 aliphatic carbocycles. The van der Waals surface area contributed by atoms with Gasteiger partial charge in [-0.15, -0.1) is 37.0 Å². The molecule has 0 aromatic heterocycles. The van der Waals surface area contributed by atoms with E-state index in [1.54, 1.807) is 0 Å². The molecule has 0 bridgehead atoms. The molecule has 1 aliphatic rings. The highest BCUT2D eigenvalue weighted by atomic mass is 31.0. The molecule has 0 N–H and O–H groups in total. The Hall–Kier alpha value is 1.72. The SMILES string of the molecule is PCC1CC(CP)C(CP)C(CP)C1. The highest BCUT2D eigenvalue weighted by molar-refractivity contribution is 7.17. The van der Waals surface area contributed by atoms with Gasteiger partial charge in [-0.3, -0.25) is 0 Å². The molecule has 0 aromatic carbocycles. The van der Waals surface area contributed by atoms with Crippen LogP contribution in [0, 0.1) is 23.7 Å². The Morgan fingerprint density at radius 2 is 1.21 bits per heavy atom. The van der Waals surface area contributed by atoms with Gasteiger partial charge in [0.15, 0.2) is 0 Å². The van der Waals surface area contributed by atoms with Crippen molar-refractivity contribution in [3.05, 3.63) is 0 Å².